The molecule has 1 fully saturated rings. The Kier molecular flexibility index (Phi) is 4.31. The molecule has 0 atom stereocenters. The van der Waals surface area contributed by atoms with E-state index < -0.39 is 0 Å². The number of amides is 1. The molecule has 1 heterocycles. The average Bonchev–Trinajstić information content (AvgIpc) is 2.37. The van der Waals surface area contributed by atoms with Gasteiger partial charge in [0.15, 0.2) is 0 Å². The van der Waals surface area contributed by atoms with Crippen molar-refractivity contribution in [3.8, 4) is 5.88 Å². The molecule has 0 aliphatic heterocycles. The number of nitrogens with one attached hydrogen (secondary N) is 1. The molecule has 0 unspecified atom stereocenters. The van der Waals surface area contributed by atoms with Crippen molar-refractivity contribution >= 4 is 5.91 Å². The standard InChI is InChI=1S/C13H20N4O2/c1-8-7-12(16-9(2)15-8)19-11-5-3-10(4-6-11)13(18)17-14/h7,10-11H,3-6,14H2,1-2H3,(H,17,18)/t10-,11-. The van der Waals surface area contributed by atoms with Gasteiger partial charge in [0.25, 0.3) is 0 Å². The number of aryl methyl sites for hydroxylation is 2. The Morgan fingerprint density at radius 2 is 2.00 bits per heavy atom. The monoisotopic (exact) mass is 264 g/mol. The molecule has 2 rings (SSSR count). The van der Waals surface area contributed by atoms with Gasteiger partial charge in [-0.2, -0.15) is 4.98 Å². The number of carbonyl (C=O) groups is 1. The number of hydrogen-bond donors (Lipinski definition) is 2. The first-order chi connectivity index (χ1) is 9.08. The smallest absolute Gasteiger partial charge is 0.236 e. The van der Waals surface area contributed by atoms with Crippen LogP contribution in [-0.2, 0) is 4.79 Å². The first kappa shape index (κ1) is 13.7. The van der Waals surface area contributed by atoms with Gasteiger partial charge in [-0.05, 0) is 39.5 Å². The highest BCUT2D eigenvalue weighted by atomic mass is 16.5. The summed E-state index contributed by atoms with van der Waals surface area (Å²) in [6.45, 7) is 3.77. The zero-order chi connectivity index (χ0) is 13.8. The van der Waals surface area contributed by atoms with Gasteiger partial charge in [0, 0.05) is 17.7 Å². The topological polar surface area (TPSA) is 90.1 Å². The molecule has 1 aromatic heterocycles. The van der Waals surface area contributed by atoms with E-state index in [1.807, 2.05) is 19.9 Å². The van der Waals surface area contributed by atoms with Crippen molar-refractivity contribution in [1.29, 1.82) is 0 Å². The molecule has 0 aromatic carbocycles. The van der Waals surface area contributed by atoms with Gasteiger partial charge in [-0.3, -0.25) is 10.2 Å². The number of ether oxygens (including phenoxy) is 1. The molecule has 0 saturated heterocycles. The molecule has 3 N–H and O–H groups in total. The third kappa shape index (κ3) is 3.64. The Balaban J connectivity index is 1.90. The van der Waals surface area contributed by atoms with Gasteiger partial charge in [-0.15, -0.1) is 0 Å². The normalized spacial score (nSPS) is 22.9. The van der Waals surface area contributed by atoms with E-state index in [9.17, 15) is 4.79 Å². The second-order valence-corrected chi connectivity index (χ2v) is 4.99. The van der Waals surface area contributed by atoms with Crippen LogP contribution in [0.25, 0.3) is 0 Å². The zero-order valence-electron chi connectivity index (χ0n) is 11.3. The van der Waals surface area contributed by atoms with Crippen LogP contribution in [0.15, 0.2) is 6.07 Å². The van der Waals surface area contributed by atoms with Crippen molar-refractivity contribution in [2.24, 2.45) is 11.8 Å². The minimum absolute atomic E-state index is 0.0127. The lowest BCUT2D eigenvalue weighted by atomic mass is 9.87. The van der Waals surface area contributed by atoms with Crippen molar-refractivity contribution in [2.45, 2.75) is 45.6 Å². The van der Waals surface area contributed by atoms with E-state index in [4.69, 9.17) is 10.6 Å². The predicted molar refractivity (Wildman–Crippen MR) is 70.2 cm³/mol. The largest absolute Gasteiger partial charge is 0.474 e. The van der Waals surface area contributed by atoms with Gasteiger partial charge in [0.05, 0.1) is 0 Å². The van der Waals surface area contributed by atoms with Gasteiger partial charge in [0.2, 0.25) is 11.8 Å². The molecule has 1 saturated carbocycles. The maximum Gasteiger partial charge on any atom is 0.236 e. The van der Waals surface area contributed by atoms with Gasteiger partial charge in [-0.1, -0.05) is 0 Å². The quantitative estimate of drug-likeness (QED) is 0.483. The molecule has 0 bridgehead atoms. The van der Waals surface area contributed by atoms with Crippen LogP contribution in [-0.4, -0.2) is 22.0 Å². The summed E-state index contributed by atoms with van der Waals surface area (Å²) in [6, 6.07) is 1.84. The highest BCUT2D eigenvalue weighted by Gasteiger charge is 2.27. The fraction of sp³-hybridized carbons (Fsp3) is 0.615. The van der Waals surface area contributed by atoms with E-state index >= 15 is 0 Å². The van der Waals surface area contributed by atoms with E-state index in [1.54, 1.807) is 0 Å². The van der Waals surface area contributed by atoms with Crippen LogP contribution in [0.1, 0.15) is 37.2 Å². The van der Waals surface area contributed by atoms with Gasteiger partial charge in [-0.25, -0.2) is 10.8 Å². The Morgan fingerprint density at radius 3 is 2.58 bits per heavy atom. The highest BCUT2D eigenvalue weighted by molar-refractivity contribution is 5.77. The van der Waals surface area contributed by atoms with Crippen molar-refractivity contribution in [2.75, 3.05) is 0 Å². The van der Waals surface area contributed by atoms with E-state index in [1.165, 1.54) is 0 Å². The third-order valence-corrected chi connectivity index (χ3v) is 3.42. The van der Waals surface area contributed by atoms with Crippen LogP contribution >= 0.6 is 0 Å². The minimum Gasteiger partial charge on any atom is -0.474 e. The minimum atomic E-state index is -0.0767. The SMILES string of the molecule is Cc1cc(O[C@H]2CC[C@H](C(=O)NN)CC2)nc(C)n1. The summed E-state index contributed by atoms with van der Waals surface area (Å²) >= 11 is 0. The summed E-state index contributed by atoms with van der Waals surface area (Å²) in [5.74, 6) is 6.42. The van der Waals surface area contributed by atoms with Crippen LogP contribution in [0.2, 0.25) is 0 Å². The zero-order valence-corrected chi connectivity index (χ0v) is 11.3. The van der Waals surface area contributed by atoms with E-state index in [0.717, 1.165) is 31.4 Å². The second kappa shape index (κ2) is 5.97. The average molecular weight is 264 g/mol. The first-order valence-electron chi connectivity index (χ1n) is 6.58. The van der Waals surface area contributed by atoms with Crippen molar-refractivity contribution in [3.63, 3.8) is 0 Å². The lowest BCUT2D eigenvalue weighted by Crippen LogP contribution is -2.38. The maximum atomic E-state index is 11.4. The molecule has 104 valence electrons. The third-order valence-electron chi connectivity index (χ3n) is 3.42. The summed E-state index contributed by atoms with van der Waals surface area (Å²) in [5, 5.41) is 0. The second-order valence-electron chi connectivity index (χ2n) is 4.99. The fourth-order valence-electron chi connectivity index (χ4n) is 2.47. The molecule has 0 spiro atoms. The molecule has 1 aliphatic rings. The number of carbonyl (C=O) groups excluding carboxylic acids is 1. The highest BCUT2D eigenvalue weighted by Crippen LogP contribution is 2.27. The molecule has 6 heteroatoms. The number of aromatic nitrogens is 2. The molecule has 19 heavy (non-hydrogen) atoms. The van der Waals surface area contributed by atoms with Crippen LogP contribution in [0.3, 0.4) is 0 Å². The molecular weight excluding hydrogens is 244 g/mol. The number of hydrogen-bond acceptors (Lipinski definition) is 5. The Morgan fingerprint density at radius 1 is 1.32 bits per heavy atom. The molecule has 1 aromatic rings. The summed E-state index contributed by atoms with van der Waals surface area (Å²) in [4.78, 5) is 19.9. The molecule has 0 radical (unpaired) electrons. The molecule has 1 aliphatic carbocycles. The summed E-state index contributed by atoms with van der Waals surface area (Å²) < 4.78 is 5.86. The van der Waals surface area contributed by atoms with Crippen molar-refractivity contribution in [1.82, 2.24) is 15.4 Å². The molecular formula is C13H20N4O2. The summed E-state index contributed by atoms with van der Waals surface area (Å²) in [5.41, 5.74) is 3.12. The maximum absolute atomic E-state index is 11.4. The van der Waals surface area contributed by atoms with E-state index in [0.29, 0.717) is 11.7 Å². The predicted octanol–water partition coefficient (Wildman–Crippen LogP) is 1.02. The Labute approximate surface area is 112 Å². The van der Waals surface area contributed by atoms with Gasteiger partial charge in [0.1, 0.15) is 11.9 Å². The fourth-order valence-corrected chi connectivity index (χ4v) is 2.47. The van der Waals surface area contributed by atoms with Crippen LogP contribution in [0.5, 0.6) is 5.88 Å². The Hall–Kier alpha value is -1.69. The van der Waals surface area contributed by atoms with Gasteiger partial charge >= 0.3 is 0 Å². The van der Waals surface area contributed by atoms with Gasteiger partial charge < -0.3 is 4.74 Å². The molecule has 6 nitrogen and oxygen atoms in total. The lowest BCUT2D eigenvalue weighted by molar-refractivity contribution is -0.126. The summed E-state index contributed by atoms with van der Waals surface area (Å²) in [6.07, 6.45) is 3.42. The van der Waals surface area contributed by atoms with Crippen LogP contribution in [0.4, 0.5) is 0 Å². The number of nitrogens with zero attached hydrogens (tertiary/aromatic N) is 2. The lowest BCUT2D eigenvalue weighted by Gasteiger charge is -2.27. The van der Waals surface area contributed by atoms with Crippen LogP contribution in [0, 0.1) is 19.8 Å². The Bertz CT molecular complexity index is 436. The van der Waals surface area contributed by atoms with Crippen LogP contribution < -0.4 is 16.0 Å². The van der Waals surface area contributed by atoms with Crippen molar-refractivity contribution in [3.05, 3.63) is 17.6 Å². The first-order valence-corrected chi connectivity index (χ1v) is 6.58. The number of nitrogens with two attached hydrogens (primary N) is 1. The summed E-state index contributed by atoms with van der Waals surface area (Å²) in [7, 11) is 0. The molecule has 1 amide bonds. The number of hydrazine groups is 1. The van der Waals surface area contributed by atoms with E-state index in [-0.39, 0.29) is 17.9 Å². The van der Waals surface area contributed by atoms with E-state index in [2.05, 4.69) is 15.4 Å². The number of rotatable bonds is 3. The van der Waals surface area contributed by atoms with Crippen molar-refractivity contribution < 1.29 is 9.53 Å².